The third kappa shape index (κ3) is 2.79. The molecule has 100 valence electrons. The minimum atomic E-state index is 0.0158. The largest absolute Gasteiger partial charge is 0.464 e. The molecule has 1 saturated heterocycles. The molecule has 0 saturated carbocycles. The Morgan fingerprint density at radius 3 is 3.11 bits per heavy atom. The van der Waals surface area contributed by atoms with Crippen LogP contribution in [0.25, 0.3) is 11.0 Å². The van der Waals surface area contributed by atoms with Gasteiger partial charge in [-0.3, -0.25) is 4.79 Å². The fourth-order valence-electron chi connectivity index (χ4n) is 2.44. The average Bonchev–Trinajstić information content (AvgIpc) is 3.07. The Hall–Kier alpha value is -1.81. The molecule has 4 nitrogen and oxygen atoms in total. The number of para-hydroxylation sites is 1. The fourth-order valence-corrected chi connectivity index (χ4v) is 2.44. The highest BCUT2D eigenvalue weighted by Crippen LogP contribution is 2.21. The topological polar surface area (TPSA) is 51.5 Å². The molecule has 19 heavy (non-hydrogen) atoms. The van der Waals surface area contributed by atoms with Gasteiger partial charge in [0.25, 0.3) is 0 Å². The van der Waals surface area contributed by atoms with Gasteiger partial charge in [0.05, 0.1) is 18.8 Å². The van der Waals surface area contributed by atoms with E-state index in [2.05, 4.69) is 5.32 Å². The third-order valence-corrected chi connectivity index (χ3v) is 3.46. The molecule has 1 unspecified atom stereocenters. The summed E-state index contributed by atoms with van der Waals surface area (Å²) in [6, 6.07) is 7.75. The van der Waals surface area contributed by atoms with Crippen LogP contribution < -0.4 is 5.32 Å². The van der Waals surface area contributed by atoms with Crippen molar-refractivity contribution in [3.05, 3.63) is 36.1 Å². The van der Waals surface area contributed by atoms with Gasteiger partial charge < -0.3 is 14.5 Å². The number of fused-ring (bicyclic) bond motifs is 1. The van der Waals surface area contributed by atoms with Crippen molar-refractivity contribution in [1.29, 1.82) is 0 Å². The molecule has 0 radical (unpaired) electrons. The molecule has 1 aromatic heterocycles. The number of carbonyl (C=O) groups excluding carboxylic acids is 1. The number of amides is 1. The Bertz CT molecular complexity index is 570. The fraction of sp³-hybridized carbons (Fsp3) is 0.400. The maximum absolute atomic E-state index is 11.9. The molecule has 1 atom stereocenters. The summed E-state index contributed by atoms with van der Waals surface area (Å²) in [6.07, 6.45) is 4.33. The molecule has 1 aliphatic heterocycles. The van der Waals surface area contributed by atoms with Crippen molar-refractivity contribution in [2.75, 3.05) is 13.2 Å². The molecule has 1 fully saturated rings. The molecular weight excluding hydrogens is 242 g/mol. The average molecular weight is 259 g/mol. The first-order valence-electron chi connectivity index (χ1n) is 6.66. The Kier molecular flexibility index (Phi) is 3.51. The van der Waals surface area contributed by atoms with Crippen molar-refractivity contribution in [2.24, 2.45) is 0 Å². The number of carbonyl (C=O) groups is 1. The molecule has 4 heteroatoms. The summed E-state index contributed by atoms with van der Waals surface area (Å²) >= 11 is 0. The number of nitrogens with one attached hydrogen (secondary N) is 1. The lowest BCUT2D eigenvalue weighted by Crippen LogP contribution is -2.32. The van der Waals surface area contributed by atoms with Crippen molar-refractivity contribution >= 4 is 16.9 Å². The number of hydrogen-bond acceptors (Lipinski definition) is 3. The van der Waals surface area contributed by atoms with Gasteiger partial charge >= 0.3 is 0 Å². The molecular formula is C15H17NO3. The van der Waals surface area contributed by atoms with Crippen LogP contribution >= 0.6 is 0 Å². The second-order valence-corrected chi connectivity index (χ2v) is 4.87. The van der Waals surface area contributed by atoms with Gasteiger partial charge in [0.1, 0.15) is 5.58 Å². The van der Waals surface area contributed by atoms with E-state index >= 15 is 0 Å². The van der Waals surface area contributed by atoms with E-state index in [1.54, 1.807) is 6.26 Å². The number of hydrogen-bond donors (Lipinski definition) is 1. The summed E-state index contributed by atoms with van der Waals surface area (Å²) in [7, 11) is 0. The lowest BCUT2D eigenvalue weighted by atomic mass is 10.1. The van der Waals surface area contributed by atoms with E-state index in [0.717, 1.165) is 36.0 Å². The smallest absolute Gasteiger partial charge is 0.224 e. The van der Waals surface area contributed by atoms with Crippen LogP contribution in [0, 0.1) is 0 Å². The van der Waals surface area contributed by atoms with Gasteiger partial charge in [-0.1, -0.05) is 18.2 Å². The monoisotopic (exact) mass is 259 g/mol. The van der Waals surface area contributed by atoms with E-state index in [-0.39, 0.29) is 12.0 Å². The van der Waals surface area contributed by atoms with Crippen LogP contribution in [0.5, 0.6) is 0 Å². The minimum Gasteiger partial charge on any atom is -0.464 e. The Labute approximate surface area is 111 Å². The molecule has 2 aromatic rings. The van der Waals surface area contributed by atoms with Gasteiger partial charge in [-0.2, -0.15) is 0 Å². The maximum atomic E-state index is 11.9. The molecule has 1 aromatic carbocycles. The van der Waals surface area contributed by atoms with E-state index in [4.69, 9.17) is 9.15 Å². The maximum Gasteiger partial charge on any atom is 0.224 e. The zero-order valence-corrected chi connectivity index (χ0v) is 10.7. The number of furan rings is 1. The Morgan fingerprint density at radius 2 is 2.26 bits per heavy atom. The lowest BCUT2D eigenvalue weighted by Gasteiger charge is -2.10. The highest BCUT2D eigenvalue weighted by atomic mass is 16.5. The minimum absolute atomic E-state index is 0.0158. The van der Waals surface area contributed by atoms with Crippen LogP contribution in [-0.4, -0.2) is 25.2 Å². The van der Waals surface area contributed by atoms with Gasteiger partial charge in [0.2, 0.25) is 5.91 Å². The highest BCUT2D eigenvalue weighted by molar-refractivity contribution is 5.87. The lowest BCUT2D eigenvalue weighted by molar-refractivity contribution is -0.120. The summed E-state index contributed by atoms with van der Waals surface area (Å²) in [5.74, 6) is 0.0158. The summed E-state index contributed by atoms with van der Waals surface area (Å²) < 4.78 is 10.9. The second-order valence-electron chi connectivity index (χ2n) is 4.87. The predicted octanol–water partition coefficient (Wildman–Crippen LogP) is 2.27. The molecule has 0 aliphatic carbocycles. The van der Waals surface area contributed by atoms with Crippen LogP contribution in [0.1, 0.15) is 18.4 Å². The third-order valence-electron chi connectivity index (χ3n) is 3.46. The van der Waals surface area contributed by atoms with Gasteiger partial charge in [-0.25, -0.2) is 0 Å². The zero-order valence-electron chi connectivity index (χ0n) is 10.7. The summed E-state index contributed by atoms with van der Waals surface area (Å²) in [5.41, 5.74) is 1.75. The molecule has 3 rings (SSSR count). The normalized spacial score (nSPS) is 18.8. The standard InChI is InChI=1S/C15H17NO3/c17-15(16-9-12-4-3-7-18-12)8-11-10-19-14-6-2-1-5-13(11)14/h1-2,5-6,10,12H,3-4,7-9H2,(H,16,17). The van der Waals surface area contributed by atoms with Crippen molar-refractivity contribution < 1.29 is 13.9 Å². The first-order valence-corrected chi connectivity index (χ1v) is 6.66. The van der Waals surface area contributed by atoms with Crippen LogP contribution in [0.3, 0.4) is 0 Å². The zero-order chi connectivity index (χ0) is 13.1. The SMILES string of the molecule is O=C(Cc1coc2ccccc12)NCC1CCCO1. The number of benzene rings is 1. The van der Waals surface area contributed by atoms with E-state index in [1.165, 1.54) is 0 Å². The summed E-state index contributed by atoms with van der Waals surface area (Å²) in [5, 5.41) is 3.93. The van der Waals surface area contributed by atoms with Gasteiger partial charge in [0, 0.05) is 24.1 Å². The van der Waals surface area contributed by atoms with Crippen LogP contribution in [-0.2, 0) is 16.0 Å². The van der Waals surface area contributed by atoms with E-state index in [1.807, 2.05) is 24.3 Å². The molecule has 1 amide bonds. The summed E-state index contributed by atoms with van der Waals surface area (Å²) in [4.78, 5) is 11.9. The van der Waals surface area contributed by atoms with Crippen LogP contribution in [0.15, 0.2) is 34.9 Å². The van der Waals surface area contributed by atoms with Crippen LogP contribution in [0.4, 0.5) is 0 Å². The van der Waals surface area contributed by atoms with Crippen molar-refractivity contribution in [1.82, 2.24) is 5.32 Å². The van der Waals surface area contributed by atoms with Gasteiger partial charge in [0.15, 0.2) is 0 Å². The number of rotatable bonds is 4. The summed E-state index contributed by atoms with van der Waals surface area (Å²) in [6.45, 7) is 1.42. The Balaban J connectivity index is 1.59. The van der Waals surface area contributed by atoms with E-state index in [0.29, 0.717) is 13.0 Å². The Morgan fingerprint density at radius 1 is 1.37 bits per heavy atom. The van der Waals surface area contributed by atoms with Crippen molar-refractivity contribution in [3.63, 3.8) is 0 Å². The predicted molar refractivity (Wildman–Crippen MR) is 71.9 cm³/mol. The van der Waals surface area contributed by atoms with Crippen molar-refractivity contribution in [2.45, 2.75) is 25.4 Å². The highest BCUT2D eigenvalue weighted by Gasteiger charge is 2.16. The van der Waals surface area contributed by atoms with E-state index < -0.39 is 0 Å². The van der Waals surface area contributed by atoms with Crippen LogP contribution in [0.2, 0.25) is 0 Å². The van der Waals surface area contributed by atoms with Gasteiger partial charge in [-0.05, 0) is 18.9 Å². The first-order chi connectivity index (χ1) is 9.33. The molecule has 2 heterocycles. The second kappa shape index (κ2) is 5.45. The molecule has 1 aliphatic rings. The first kappa shape index (κ1) is 12.2. The quantitative estimate of drug-likeness (QED) is 0.916. The van der Waals surface area contributed by atoms with Gasteiger partial charge in [-0.15, -0.1) is 0 Å². The molecule has 0 bridgehead atoms. The van der Waals surface area contributed by atoms with Crippen molar-refractivity contribution in [3.8, 4) is 0 Å². The molecule has 0 spiro atoms. The van der Waals surface area contributed by atoms with E-state index in [9.17, 15) is 4.79 Å². The molecule has 1 N–H and O–H groups in total. The number of ether oxygens (including phenoxy) is 1.